The van der Waals surface area contributed by atoms with E-state index >= 15 is 0 Å². The van der Waals surface area contributed by atoms with Crippen LogP contribution in [0.1, 0.15) is 30.1 Å². The van der Waals surface area contributed by atoms with Gasteiger partial charge >= 0.3 is 0 Å². The number of hydrogen-bond acceptors (Lipinski definition) is 3. The largest absolute Gasteiger partial charge is 0.340 e. The molecule has 1 aliphatic rings. The molecule has 1 heterocycles. The fourth-order valence-corrected chi connectivity index (χ4v) is 2.32. The Labute approximate surface area is 130 Å². The molecule has 0 aromatic heterocycles. The van der Waals surface area contributed by atoms with Crippen molar-refractivity contribution in [3.63, 3.8) is 0 Å². The van der Waals surface area contributed by atoms with Crippen molar-refractivity contribution in [2.24, 2.45) is 0 Å². The zero-order valence-corrected chi connectivity index (χ0v) is 12.8. The molecule has 1 amide bonds. The molecule has 1 saturated heterocycles. The molecular formula is C15H20ClFN2O2. The second-order valence-corrected chi connectivity index (χ2v) is 5.12. The molecule has 1 aliphatic heterocycles. The van der Waals surface area contributed by atoms with Crippen LogP contribution in [0.4, 0.5) is 4.39 Å². The topological polar surface area (TPSA) is 49.4 Å². The lowest BCUT2D eigenvalue weighted by atomic mass is 10.1. The molecule has 0 saturated carbocycles. The number of amides is 1. The first-order chi connectivity index (χ1) is 9.56. The summed E-state index contributed by atoms with van der Waals surface area (Å²) in [6, 6.07) is 5.71. The van der Waals surface area contributed by atoms with Gasteiger partial charge in [-0.05, 0) is 31.2 Å². The molecule has 0 bridgehead atoms. The quantitative estimate of drug-likeness (QED) is 0.865. The Morgan fingerprint density at radius 2 is 1.95 bits per heavy atom. The molecule has 2 rings (SSSR count). The summed E-state index contributed by atoms with van der Waals surface area (Å²) in [5.41, 5.74) is 0.452. The van der Waals surface area contributed by atoms with Crippen LogP contribution in [-0.4, -0.2) is 42.3 Å². The maximum atomic E-state index is 12.8. The minimum absolute atomic E-state index is 0. The van der Waals surface area contributed by atoms with Crippen LogP contribution in [0.2, 0.25) is 0 Å². The van der Waals surface area contributed by atoms with E-state index in [1.54, 1.807) is 4.90 Å². The summed E-state index contributed by atoms with van der Waals surface area (Å²) in [5, 5.41) is 3.27. The molecule has 0 radical (unpaired) electrons. The third kappa shape index (κ3) is 5.10. The van der Waals surface area contributed by atoms with E-state index in [4.69, 9.17) is 0 Å². The van der Waals surface area contributed by atoms with E-state index in [9.17, 15) is 14.0 Å². The smallest absolute Gasteiger partial charge is 0.223 e. The van der Waals surface area contributed by atoms with E-state index in [2.05, 4.69) is 5.32 Å². The fraction of sp³-hybridized carbons (Fsp3) is 0.467. The van der Waals surface area contributed by atoms with Crippen LogP contribution in [0, 0.1) is 5.82 Å². The first kappa shape index (κ1) is 17.6. The van der Waals surface area contributed by atoms with Crippen molar-refractivity contribution in [2.45, 2.75) is 25.8 Å². The van der Waals surface area contributed by atoms with E-state index in [1.165, 1.54) is 24.3 Å². The fourth-order valence-electron chi connectivity index (χ4n) is 2.32. The molecule has 116 valence electrons. The molecule has 4 nitrogen and oxygen atoms in total. The number of nitrogens with one attached hydrogen (secondary N) is 1. The normalized spacial score (nSPS) is 18.0. The van der Waals surface area contributed by atoms with Gasteiger partial charge in [-0.2, -0.15) is 0 Å². The number of benzene rings is 1. The van der Waals surface area contributed by atoms with E-state index < -0.39 is 0 Å². The lowest BCUT2D eigenvalue weighted by molar-refractivity contribution is -0.132. The van der Waals surface area contributed by atoms with Crippen LogP contribution in [0.25, 0.3) is 0 Å². The van der Waals surface area contributed by atoms with E-state index in [0.29, 0.717) is 24.7 Å². The van der Waals surface area contributed by atoms with Gasteiger partial charge in [0.1, 0.15) is 5.82 Å². The molecule has 1 unspecified atom stereocenters. The zero-order valence-electron chi connectivity index (χ0n) is 12.0. The van der Waals surface area contributed by atoms with Crippen molar-refractivity contribution in [1.82, 2.24) is 10.2 Å². The van der Waals surface area contributed by atoms with Gasteiger partial charge in [-0.3, -0.25) is 9.59 Å². The van der Waals surface area contributed by atoms with Gasteiger partial charge in [0.2, 0.25) is 5.91 Å². The molecule has 0 spiro atoms. The number of rotatable bonds is 4. The second-order valence-electron chi connectivity index (χ2n) is 5.12. The van der Waals surface area contributed by atoms with E-state index in [0.717, 1.165) is 6.54 Å². The molecule has 1 atom stereocenters. The molecular weight excluding hydrogens is 295 g/mol. The minimum atomic E-state index is -0.368. The Hall–Kier alpha value is -1.46. The predicted molar refractivity (Wildman–Crippen MR) is 81.3 cm³/mol. The highest BCUT2D eigenvalue weighted by molar-refractivity contribution is 5.97. The summed E-state index contributed by atoms with van der Waals surface area (Å²) < 4.78 is 12.8. The number of nitrogens with zero attached hydrogens (tertiary/aromatic N) is 1. The predicted octanol–water partition coefficient (Wildman–Crippen LogP) is 2.03. The minimum Gasteiger partial charge on any atom is -0.340 e. The van der Waals surface area contributed by atoms with E-state index in [-0.39, 0.29) is 42.8 Å². The lowest BCUT2D eigenvalue weighted by Crippen LogP contribution is -2.51. The molecule has 1 fully saturated rings. The summed E-state index contributed by atoms with van der Waals surface area (Å²) in [6.07, 6.45) is 0.381. The number of hydrogen-bond donors (Lipinski definition) is 1. The Morgan fingerprint density at radius 3 is 2.57 bits per heavy atom. The van der Waals surface area contributed by atoms with Gasteiger partial charge in [-0.15, -0.1) is 12.4 Å². The average molecular weight is 315 g/mol. The van der Waals surface area contributed by atoms with Crippen molar-refractivity contribution in [3.05, 3.63) is 35.6 Å². The van der Waals surface area contributed by atoms with Gasteiger partial charge in [0.05, 0.1) is 0 Å². The SMILES string of the molecule is CC1CN(C(=O)CCC(=O)c2ccc(F)cc2)CCN1.Cl. The highest BCUT2D eigenvalue weighted by Gasteiger charge is 2.20. The van der Waals surface area contributed by atoms with Gasteiger partial charge in [0.15, 0.2) is 5.78 Å². The van der Waals surface area contributed by atoms with Crippen molar-refractivity contribution in [3.8, 4) is 0 Å². The molecule has 6 heteroatoms. The maximum Gasteiger partial charge on any atom is 0.223 e. The number of ketones is 1. The highest BCUT2D eigenvalue weighted by Crippen LogP contribution is 2.09. The van der Waals surface area contributed by atoms with Gasteiger partial charge in [-0.1, -0.05) is 0 Å². The van der Waals surface area contributed by atoms with Crippen molar-refractivity contribution in [2.75, 3.05) is 19.6 Å². The van der Waals surface area contributed by atoms with Crippen LogP contribution in [-0.2, 0) is 4.79 Å². The van der Waals surface area contributed by atoms with Crippen LogP contribution in [0.5, 0.6) is 0 Å². The van der Waals surface area contributed by atoms with Gasteiger partial charge < -0.3 is 10.2 Å². The van der Waals surface area contributed by atoms with E-state index in [1.807, 2.05) is 6.92 Å². The standard InChI is InChI=1S/C15H19FN2O2.ClH/c1-11-10-18(9-8-17-11)15(20)7-6-14(19)12-2-4-13(16)5-3-12;/h2-5,11,17H,6-10H2,1H3;1H. The maximum absolute atomic E-state index is 12.8. The monoisotopic (exact) mass is 314 g/mol. The molecule has 1 aromatic rings. The summed E-state index contributed by atoms with van der Waals surface area (Å²) >= 11 is 0. The summed E-state index contributed by atoms with van der Waals surface area (Å²) in [7, 11) is 0. The zero-order chi connectivity index (χ0) is 14.5. The Morgan fingerprint density at radius 1 is 1.29 bits per heavy atom. The van der Waals surface area contributed by atoms with Crippen LogP contribution in [0.3, 0.4) is 0 Å². The van der Waals surface area contributed by atoms with Crippen LogP contribution >= 0.6 is 12.4 Å². The third-order valence-electron chi connectivity index (χ3n) is 3.45. The number of Topliss-reactive ketones (excluding diaryl/α,β-unsaturated/α-hetero) is 1. The van der Waals surface area contributed by atoms with Gasteiger partial charge in [0, 0.05) is 44.1 Å². The first-order valence-electron chi connectivity index (χ1n) is 6.86. The summed E-state index contributed by atoms with van der Waals surface area (Å²) in [6.45, 7) is 4.19. The van der Waals surface area contributed by atoms with Gasteiger partial charge in [-0.25, -0.2) is 4.39 Å². The van der Waals surface area contributed by atoms with Crippen LogP contribution < -0.4 is 5.32 Å². The Bertz CT molecular complexity index is 493. The summed E-state index contributed by atoms with van der Waals surface area (Å²) in [5.74, 6) is -0.484. The third-order valence-corrected chi connectivity index (χ3v) is 3.45. The second kappa shape index (κ2) is 8.10. The molecule has 0 aliphatic carbocycles. The Balaban J connectivity index is 0.00000220. The first-order valence-corrected chi connectivity index (χ1v) is 6.86. The van der Waals surface area contributed by atoms with Gasteiger partial charge in [0.25, 0.3) is 0 Å². The number of piperazine rings is 1. The molecule has 1 aromatic carbocycles. The highest BCUT2D eigenvalue weighted by atomic mass is 35.5. The van der Waals surface area contributed by atoms with Crippen LogP contribution in [0.15, 0.2) is 24.3 Å². The number of carbonyl (C=O) groups excluding carboxylic acids is 2. The average Bonchev–Trinajstić information content (AvgIpc) is 2.45. The van der Waals surface area contributed by atoms with Crippen molar-refractivity contribution < 1.29 is 14.0 Å². The number of carbonyl (C=O) groups is 2. The summed E-state index contributed by atoms with van der Waals surface area (Å²) in [4.78, 5) is 25.7. The molecule has 21 heavy (non-hydrogen) atoms. The number of halogens is 2. The lowest BCUT2D eigenvalue weighted by Gasteiger charge is -2.31. The van der Waals surface area contributed by atoms with Crippen molar-refractivity contribution >= 4 is 24.1 Å². The molecule has 1 N–H and O–H groups in total. The Kier molecular flexibility index (Phi) is 6.78. The van der Waals surface area contributed by atoms with Crippen molar-refractivity contribution in [1.29, 1.82) is 0 Å².